The van der Waals surface area contributed by atoms with Crippen LogP contribution in [0.1, 0.15) is 17.2 Å². The van der Waals surface area contributed by atoms with Gasteiger partial charge >= 0.3 is 0 Å². The summed E-state index contributed by atoms with van der Waals surface area (Å²) in [6, 6.07) is 17.3. The van der Waals surface area contributed by atoms with Gasteiger partial charge in [0.2, 0.25) is 0 Å². The first-order valence-corrected chi connectivity index (χ1v) is 7.06. The van der Waals surface area contributed by atoms with Crippen molar-refractivity contribution in [2.75, 3.05) is 19.8 Å². The first-order valence-electron chi connectivity index (χ1n) is 7.06. The van der Waals surface area contributed by atoms with Crippen molar-refractivity contribution in [2.24, 2.45) is 0 Å². The molecule has 0 saturated carbocycles. The van der Waals surface area contributed by atoms with E-state index in [-0.39, 0.29) is 6.61 Å². The first-order chi connectivity index (χ1) is 10.3. The summed E-state index contributed by atoms with van der Waals surface area (Å²) >= 11 is 0. The van der Waals surface area contributed by atoms with Crippen molar-refractivity contribution in [3.63, 3.8) is 0 Å². The van der Waals surface area contributed by atoms with Crippen molar-refractivity contribution in [2.45, 2.75) is 12.6 Å². The molecule has 112 valence electrons. The van der Waals surface area contributed by atoms with Crippen LogP contribution >= 0.6 is 0 Å². The van der Waals surface area contributed by atoms with Crippen LogP contribution in [0.4, 0.5) is 0 Å². The molecular weight excluding hydrogens is 266 g/mol. The number of rotatable bonds is 8. The van der Waals surface area contributed by atoms with Crippen molar-refractivity contribution >= 4 is 0 Å². The monoisotopic (exact) mass is 287 g/mol. The normalized spacial score (nSPS) is 12.1. The van der Waals surface area contributed by atoms with E-state index < -0.39 is 6.10 Å². The maximum atomic E-state index is 10.0. The molecule has 0 spiro atoms. The summed E-state index contributed by atoms with van der Waals surface area (Å²) in [6.07, 6.45) is -0.502. The second kappa shape index (κ2) is 8.42. The standard InChI is InChI=1S/C17H21NO3/c19-10-11-21-16-8-6-14(7-9-16)12-18-13-17(20)15-4-2-1-3-5-15/h1-9,17-20H,10-13H2/t17-/m1/s1. The molecule has 0 unspecified atom stereocenters. The third-order valence-corrected chi connectivity index (χ3v) is 3.13. The van der Waals surface area contributed by atoms with Gasteiger partial charge in [-0.3, -0.25) is 0 Å². The van der Waals surface area contributed by atoms with Crippen LogP contribution in [0.3, 0.4) is 0 Å². The summed E-state index contributed by atoms with van der Waals surface area (Å²) in [7, 11) is 0. The lowest BCUT2D eigenvalue weighted by Crippen LogP contribution is -2.21. The number of hydrogen-bond donors (Lipinski definition) is 3. The van der Waals surface area contributed by atoms with Crippen molar-refractivity contribution in [3.05, 3.63) is 65.7 Å². The number of hydrogen-bond acceptors (Lipinski definition) is 4. The smallest absolute Gasteiger partial charge is 0.119 e. The average molecular weight is 287 g/mol. The lowest BCUT2D eigenvalue weighted by molar-refractivity contribution is 0.174. The number of aliphatic hydroxyl groups is 2. The van der Waals surface area contributed by atoms with Gasteiger partial charge in [0.15, 0.2) is 0 Å². The largest absolute Gasteiger partial charge is 0.491 e. The van der Waals surface area contributed by atoms with Crippen LogP contribution in [-0.2, 0) is 6.54 Å². The van der Waals surface area contributed by atoms with Gasteiger partial charge in [0, 0.05) is 13.1 Å². The molecule has 2 rings (SSSR count). The molecule has 0 heterocycles. The predicted octanol–water partition coefficient (Wildman–Crippen LogP) is 1.88. The van der Waals surface area contributed by atoms with E-state index >= 15 is 0 Å². The van der Waals surface area contributed by atoms with Crippen molar-refractivity contribution in [3.8, 4) is 5.75 Å². The molecule has 1 atom stereocenters. The van der Waals surface area contributed by atoms with E-state index in [0.29, 0.717) is 19.7 Å². The Labute approximate surface area is 125 Å². The molecule has 0 aliphatic heterocycles. The molecule has 0 aromatic heterocycles. The second-order valence-corrected chi connectivity index (χ2v) is 4.77. The van der Waals surface area contributed by atoms with Gasteiger partial charge in [-0.05, 0) is 23.3 Å². The van der Waals surface area contributed by atoms with Crippen LogP contribution in [0.25, 0.3) is 0 Å². The molecule has 4 heteroatoms. The Bertz CT molecular complexity index is 513. The lowest BCUT2D eigenvalue weighted by Gasteiger charge is -2.12. The van der Waals surface area contributed by atoms with E-state index in [2.05, 4.69) is 5.32 Å². The van der Waals surface area contributed by atoms with Crippen molar-refractivity contribution in [1.82, 2.24) is 5.32 Å². The molecule has 21 heavy (non-hydrogen) atoms. The van der Waals surface area contributed by atoms with Crippen LogP contribution < -0.4 is 10.1 Å². The molecule has 0 aliphatic carbocycles. The molecule has 0 bridgehead atoms. The molecule has 0 saturated heterocycles. The van der Waals surface area contributed by atoms with E-state index in [1.807, 2.05) is 54.6 Å². The van der Waals surface area contributed by atoms with Gasteiger partial charge in [-0.1, -0.05) is 42.5 Å². The predicted molar refractivity (Wildman–Crippen MR) is 82.1 cm³/mol. The Kier molecular flexibility index (Phi) is 6.22. The fraction of sp³-hybridized carbons (Fsp3) is 0.294. The van der Waals surface area contributed by atoms with E-state index in [4.69, 9.17) is 9.84 Å². The SMILES string of the molecule is OCCOc1ccc(CNC[C@@H](O)c2ccccc2)cc1. The van der Waals surface area contributed by atoms with E-state index in [1.165, 1.54) is 0 Å². The zero-order chi connectivity index (χ0) is 14.9. The third kappa shape index (κ3) is 5.19. The van der Waals surface area contributed by atoms with Gasteiger partial charge in [0.25, 0.3) is 0 Å². The summed E-state index contributed by atoms with van der Waals surface area (Å²) in [5, 5.41) is 22.0. The fourth-order valence-corrected chi connectivity index (χ4v) is 2.01. The highest BCUT2D eigenvalue weighted by molar-refractivity contribution is 5.27. The number of nitrogens with one attached hydrogen (secondary N) is 1. The van der Waals surface area contributed by atoms with Crippen LogP contribution in [0.15, 0.2) is 54.6 Å². The van der Waals surface area contributed by atoms with E-state index in [9.17, 15) is 5.11 Å². The Morgan fingerprint density at radius 3 is 2.38 bits per heavy atom. The van der Waals surface area contributed by atoms with E-state index in [0.717, 1.165) is 16.9 Å². The summed E-state index contributed by atoms with van der Waals surface area (Å²) in [4.78, 5) is 0. The van der Waals surface area contributed by atoms with Gasteiger partial charge in [0.05, 0.1) is 12.7 Å². The molecule has 2 aromatic carbocycles. The Hall–Kier alpha value is -1.88. The fourth-order valence-electron chi connectivity index (χ4n) is 2.01. The summed E-state index contributed by atoms with van der Waals surface area (Å²) in [5.41, 5.74) is 2.03. The molecule has 0 fully saturated rings. The Balaban J connectivity index is 1.75. The van der Waals surface area contributed by atoms with E-state index in [1.54, 1.807) is 0 Å². The number of aliphatic hydroxyl groups excluding tert-OH is 2. The topological polar surface area (TPSA) is 61.7 Å². The minimum Gasteiger partial charge on any atom is -0.491 e. The molecule has 0 radical (unpaired) electrons. The lowest BCUT2D eigenvalue weighted by atomic mass is 10.1. The third-order valence-electron chi connectivity index (χ3n) is 3.13. The maximum Gasteiger partial charge on any atom is 0.119 e. The van der Waals surface area contributed by atoms with Crippen molar-refractivity contribution in [1.29, 1.82) is 0 Å². The van der Waals surface area contributed by atoms with Gasteiger partial charge in [0.1, 0.15) is 12.4 Å². The molecule has 3 N–H and O–H groups in total. The van der Waals surface area contributed by atoms with Crippen LogP contribution in [0.2, 0.25) is 0 Å². The van der Waals surface area contributed by atoms with Crippen molar-refractivity contribution < 1.29 is 14.9 Å². The maximum absolute atomic E-state index is 10.0. The zero-order valence-corrected chi connectivity index (χ0v) is 11.9. The molecule has 2 aromatic rings. The molecule has 0 amide bonds. The molecule has 0 aliphatic rings. The summed E-state index contributed by atoms with van der Waals surface area (Å²) in [5.74, 6) is 0.747. The van der Waals surface area contributed by atoms with Gasteiger partial charge in [-0.2, -0.15) is 0 Å². The minimum absolute atomic E-state index is 0.0146. The highest BCUT2D eigenvalue weighted by Gasteiger charge is 2.05. The Morgan fingerprint density at radius 1 is 1.00 bits per heavy atom. The van der Waals surface area contributed by atoms with Gasteiger partial charge < -0.3 is 20.3 Å². The van der Waals surface area contributed by atoms with Crippen LogP contribution in [0.5, 0.6) is 5.75 Å². The van der Waals surface area contributed by atoms with Gasteiger partial charge in [-0.15, -0.1) is 0 Å². The quantitative estimate of drug-likeness (QED) is 0.694. The summed E-state index contributed by atoms with van der Waals surface area (Å²) in [6.45, 7) is 1.51. The first kappa shape index (κ1) is 15.5. The highest BCUT2D eigenvalue weighted by Crippen LogP contribution is 2.13. The van der Waals surface area contributed by atoms with Gasteiger partial charge in [-0.25, -0.2) is 0 Å². The van der Waals surface area contributed by atoms with Crippen LogP contribution in [0, 0.1) is 0 Å². The molecular formula is C17H21NO3. The second-order valence-electron chi connectivity index (χ2n) is 4.77. The molecule has 4 nitrogen and oxygen atoms in total. The zero-order valence-electron chi connectivity index (χ0n) is 11.9. The number of ether oxygens (including phenoxy) is 1. The number of benzene rings is 2. The Morgan fingerprint density at radius 2 is 1.71 bits per heavy atom. The van der Waals surface area contributed by atoms with Crippen LogP contribution in [-0.4, -0.2) is 30.0 Å². The highest BCUT2D eigenvalue weighted by atomic mass is 16.5. The summed E-state index contributed by atoms with van der Waals surface area (Å²) < 4.78 is 5.30. The average Bonchev–Trinajstić information content (AvgIpc) is 2.55. The minimum atomic E-state index is -0.502.